The first kappa shape index (κ1) is 20.6. The molecule has 0 heterocycles. The van der Waals surface area contributed by atoms with Gasteiger partial charge in [-0.2, -0.15) is 0 Å². The summed E-state index contributed by atoms with van der Waals surface area (Å²) in [5, 5.41) is 8.47. The highest BCUT2D eigenvalue weighted by atomic mass is 35.5. The zero-order chi connectivity index (χ0) is 19.3. The van der Waals surface area contributed by atoms with Crippen LogP contribution in [0, 0.1) is 0 Å². The van der Waals surface area contributed by atoms with Gasteiger partial charge in [0.05, 0.1) is 17.6 Å². The third kappa shape index (κ3) is 5.14. The molecular formula is C17H19ClN2O4S2. The fourth-order valence-electron chi connectivity index (χ4n) is 2.37. The van der Waals surface area contributed by atoms with E-state index in [0.29, 0.717) is 34.2 Å². The molecule has 0 spiro atoms. The zero-order valence-electron chi connectivity index (χ0n) is 14.3. The van der Waals surface area contributed by atoms with Crippen molar-refractivity contribution in [3.05, 3.63) is 52.5 Å². The quantitative estimate of drug-likeness (QED) is 0.678. The Morgan fingerprint density at radius 3 is 2.62 bits per heavy atom. The maximum Gasteiger partial charge on any atom is 0.255 e. The third-order valence-corrected chi connectivity index (χ3v) is 5.75. The average molecular weight is 415 g/mol. The number of sulfonamides is 1. The molecule has 1 amide bonds. The van der Waals surface area contributed by atoms with Crippen molar-refractivity contribution >= 4 is 39.3 Å². The number of carbonyl (C=O) groups excluding carboxylic acids is 1. The number of hydrogen-bond acceptors (Lipinski definition) is 5. The minimum atomic E-state index is -3.81. The lowest BCUT2D eigenvalue weighted by atomic mass is 10.1. The predicted molar refractivity (Wildman–Crippen MR) is 104 cm³/mol. The van der Waals surface area contributed by atoms with Crippen molar-refractivity contribution in [1.29, 1.82) is 0 Å². The van der Waals surface area contributed by atoms with Crippen molar-refractivity contribution in [3.63, 3.8) is 0 Å². The van der Waals surface area contributed by atoms with Crippen LogP contribution in [0.1, 0.15) is 15.9 Å². The van der Waals surface area contributed by atoms with Gasteiger partial charge in [-0.25, -0.2) is 13.6 Å². The van der Waals surface area contributed by atoms with Gasteiger partial charge >= 0.3 is 0 Å². The SMILES string of the molecule is COc1ccc(Cl)cc1C(=O)NCCc1ccc(SC)c(S(N)(=O)=O)c1. The standard InChI is InChI=1S/C17H19ClN2O4S2/c1-24-14-5-4-12(18)10-13(14)17(21)20-8-7-11-3-6-15(25-2)16(9-11)26(19,22)23/h3-6,9-10H,7-8H2,1-2H3,(H,20,21)(H2,19,22,23). The van der Waals surface area contributed by atoms with Crippen LogP contribution in [-0.2, 0) is 16.4 Å². The topological polar surface area (TPSA) is 98.5 Å². The Hall–Kier alpha value is -1.74. The van der Waals surface area contributed by atoms with Crippen molar-refractivity contribution in [3.8, 4) is 5.75 Å². The summed E-state index contributed by atoms with van der Waals surface area (Å²) in [5.41, 5.74) is 1.09. The Labute approximate surface area is 162 Å². The number of carbonyl (C=O) groups is 1. The molecule has 0 fully saturated rings. The molecule has 0 bridgehead atoms. The Morgan fingerprint density at radius 1 is 1.27 bits per heavy atom. The van der Waals surface area contributed by atoms with Crippen LogP contribution >= 0.6 is 23.4 Å². The molecular weight excluding hydrogens is 396 g/mol. The fraction of sp³-hybridized carbons (Fsp3) is 0.235. The minimum absolute atomic E-state index is 0.0883. The minimum Gasteiger partial charge on any atom is -0.496 e. The summed E-state index contributed by atoms with van der Waals surface area (Å²) in [6, 6.07) is 9.85. The summed E-state index contributed by atoms with van der Waals surface area (Å²) >= 11 is 7.24. The maximum absolute atomic E-state index is 12.3. The predicted octanol–water partition coefficient (Wildman–Crippen LogP) is 2.69. The number of nitrogens with two attached hydrogens (primary N) is 1. The lowest BCUT2D eigenvalue weighted by Gasteiger charge is -2.11. The molecule has 140 valence electrons. The number of benzene rings is 2. The molecule has 0 radical (unpaired) electrons. The number of rotatable bonds is 7. The number of halogens is 1. The van der Waals surface area contributed by atoms with E-state index in [1.807, 2.05) is 6.07 Å². The monoisotopic (exact) mass is 414 g/mol. The molecule has 9 heteroatoms. The molecule has 6 nitrogen and oxygen atoms in total. The van der Waals surface area contributed by atoms with E-state index < -0.39 is 10.0 Å². The van der Waals surface area contributed by atoms with Crippen LogP contribution in [0.4, 0.5) is 0 Å². The smallest absolute Gasteiger partial charge is 0.255 e. The van der Waals surface area contributed by atoms with Crippen molar-refractivity contribution in [2.75, 3.05) is 19.9 Å². The van der Waals surface area contributed by atoms with Gasteiger partial charge in [0.1, 0.15) is 5.75 Å². The second kappa shape index (κ2) is 8.77. The fourth-order valence-corrected chi connectivity index (χ4v) is 4.27. The lowest BCUT2D eigenvalue weighted by molar-refractivity contribution is 0.0951. The van der Waals surface area contributed by atoms with Crippen LogP contribution in [0.15, 0.2) is 46.2 Å². The molecule has 26 heavy (non-hydrogen) atoms. The summed E-state index contributed by atoms with van der Waals surface area (Å²) in [7, 11) is -2.33. The number of thioether (sulfide) groups is 1. The van der Waals surface area contributed by atoms with E-state index in [-0.39, 0.29) is 10.8 Å². The normalized spacial score (nSPS) is 11.2. The number of nitrogens with one attached hydrogen (secondary N) is 1. The molecule has 0 aliphatic rings. The Morgan fingerprint density at radius 2 is 2.00 bits per heavy atom. The number of hydrogen-bond donors (Lipinski definition) is 2. The van der Waals surface area contributed by atoms with E-state index in [4.69, 9.17) is 21.5 Å². The second-order valence-electron chi connectivity index (χ2n) is 5.38. The summed E-state index contributed by atoms with van der Waals surface area (Å²) < 4.78 is 28.6. The van der Waals surface area contributed by atoms with Crippen molar-refractivity contribution in [1.82, 2.24) is 5.32 Å². The van der Waals surface area contributed by atoms with Crippen LogP contribution in [0.5, 0.6) is 5.75 Å². The van der Waals surface area contributed by atoms with Crippen molar-refractivity contribution < 1.29 is 17.9 Å². The van der Waals surface area contributed by atoms with Crippen LogP contribution in [0.2, 0.25) is 5.02 Å². The first-order valence-corrected chi connectivity index (χ1v) is 10.7. The molecule has 0 atom stereocenters. The van der Waals surface area contributed by atoms with Crippen molar-refractivity contribution in [2.45, 2.75) is 16.2 Å². The first-order valence-electron chi connectivity index (χ1n) is 7.57. The number of primary sulfonamides is 1. The second-order valence-corrected chi connectivity index (χ2v) is 8.20. The molecule has 0 aliphatic heterocycles. The summed E-state index contributed by atoms with van der Waals surface area (Å²) in [6.45, 7) is 0.317. The Balaban J connectivity index is 2.09. The Kier molecular flexibility index (Phi) is 6.94. The van der Waals surface area contributed by atoms with E-state index >= 15 is 0 Å². The highest BCUT2D eigenvalue weighted by molar-refractivity contribution is 7.99. The molecule has 0 saturated carbocycles. The highest BCUT2D eigenvalue weighted by Gasteiger charge is 2.15. The molecule has 2 aromatic carbocycles. The van der Waals surface area contributed by atoms with E-state index in [1.165, 1.54) is 31.0 Å². The lowest BCUT2D eigenvalue weighted by Crippen LogP contribution is -2.26. The van der Waals surface area contributed by atoms with Gasteiger partial charge in [0.2, 0.25) is 10.0 Å². The highest BCUT2D eigenvalue weighted by Crippen LogP contribution is 2.25. The number of methoxy groups -OCH3 is 1. The molecule has 0 aliphatic carbocycles. The molecule has 2 rings (SSSR count). The molecule has 2 aromatic rings. The van der Waals surface area contributed by atoms with Gasteiger partial charge in [-0.15, -0.1) is 11.8 Å². The molecule has 0 unspecified atom stereocenters. The molecule has 3 N–H and O–H groups in total. The van der Waals surface area contributed by atoms with Gasteiger partial charge in [-0.1, -0.05) is 17.7 Å². The number of amides is 1. The van der Waals surface area contributed by atoms with E-state index in [0.717, 1.165) is 5.56 Å². The Bertz CT molecular complexity index is 917. The van der Waals surface area contributed by atoms with Crippen LogP contribution in [0.25, 0.3) is 0 Å². The van der Waals surface area contributed by atoms with E-state index in [1.54, 1.807) is 24.5 Å². The van der Waals surface area contributed by atoms with Gasteiger partial charge < -0.3 is 10.1 Å². The van der Waals surface area contributed by atoms with Gasteiger partial charge in [0.25, 0.3) is 5.91 Å². The molecule has 0 aromatic heterocycles. The maximum atomic E-state index is 12.3. The summed E-state index contributed by atoms with van der Waals surface area (Å²) in [5.74, 6) is 0.101. The number of ether oxygens (including phenoxy) is 1. The summed E-state index contributed by atoms with van der Waals surface area (Å²) in [6.07, 6.45) is 2.23. The van der Waals surface area contributed by atoms with Crippen molar-refractivity contribution in [2.24, 2.45) is 5.14 Å². The largest absolute Gasteiger partial charge is 0.496 e. The van der Waals surface area contributed by atoms with Gasteiger partial charge in [0.15, 0.2) is 0 Å². The van der Waals surface area contributed by atoms with E-state index in [2.05, 4.69) is 5.32 Å². The first-order chi connectivity index (χ1) is 12.3. The summed E-state index contributed by atoms with van der Waals surface area (Å²) in [4.78, 5) is 13.0. The van der Waals surface area contributed by atoms with Gasteiger partial charge in [-0.3, -0.25) is 4.79 Å². The van der Waals surface area contributed by atoms with Gasteiger partial charge in [0, 0.05) is 16.5 Å². The van der Waals surface area contributed by atoms with Crippen LogP contribution in [-0.4, -0.2) is 34.2 Å². The van der Waals surface area contributed by atoms with Gasteiger partial charge in [-0.05, 0) is 48.6 Å². The van der Waals surface area contributed by atoms with Crippen LogP contribution < -0.4 is 15.2 Å². The molecule has 0 saturated heterocycles. The third-order valence-electron chi connectivity index (χ3n) is 3.64. The average Bonchev–Trinajstić information content (AvgIpc) is 2.60. The van der Waals surface area contributed by atoms with Crippen LogP contribution in [0.3, 0.4) is 0 Å². The van der Waals surface area contributed by atoms with E-state index in [9.17, 15) is 13.2 Å². The zero-order valence-corrected chi connectivity index (χ0v) is 16.7.